The molecule has 1 heterocycles. The number of nitrogens with zero attached hydrogens (tertiary/aromatic N) is 1. The normalized spacial score (nSPS) is 12.9. The highest BCUT2D eigenvalue weighted by Crippen LogP contribution is 2.44. The standard InChI is InChI=1S/C18H7Cl4NO4/c19-6-1-7(20)3-8(2-6)23-17(26)13-14(18(23)27)16(25)10-5-12(22)11(21)4-9(10)15(13)24/h1-5,26-27H. The molecule has 0 fully saturated rings. The van der Waals surface area contributed by atoms with Gasteiger partial charge in [-0.25, -0.2) is 0 Å². The first-order chi connectivity index (χ1) is 12.7. The molecule has 0 atom stereocenters. The van der Waals surface area contributed by atoms with Crippen LogP contribution in [0.15, 0.2) is 30.3 Å². The van der Waals surface area contributed by atoms with Crippen LogP contribution in [-0.4, -0.2) is 26.3 Å². The number of rotatable bonds is 1. The summed E-state index contributed by atoms with van der Waals surface area (Å²) >= 11 is 23.8. The molecule has 0 saturated heterocycles. The van der Waals surface area contributed by atoms with E-state index in [0.29, 0.717) is 0 Å². The van der Waals surface area contributed by atoms with Gasteiger partial charge in [0.1, 0.15) is 0 Å². The van der Waals surface area contributed by atoms with Crippen molar-refractivity contribution in [1.29, 1.82) is 0 Å². The largest absolute Gasteiger partial charge is 0.494 e. The van der Waals surface area contributed by atoms with E-state index in [9.17, 15) is 19.8 Å². The van der Waals surface area contributed by atoms with Crippen LogP contribution < -0.4 is 0 Å². The number of aromatic nitrogens is 1. The summed E-state index contributed by atoms with van der Waals surface area (Å²) in [5, 5.41) is 21.9. The first-order valence-corrected chi connectivity index (χ1v) is 8.93. The molecule has 5 nitrogen and oxygen atoms in total. The minimum absolute atomic E-state index is 0.0153. The van der Waals surface area contributed by atoms with Crippen molar-refractivity contribution in [3.05, 3.63) is 72.7 Å². The summed E-state index contributed by atoms with van der Waals surface area (Å²) < 4.78 is 0.924. The summed E-state index contributed by atoms with van der Waals surface area (Å²) in [6.07, 6.45) is 0. The predicted molar refractivity (Wildman–Crippen MR) is 102 cm³/mol. The number of hydrogen-bond donors (Lipinski definition) is 2. The third-order valence-corrected chi connectivity index (χ3v) is 5.39. The van der Waals surface area contributed by atoms with E-state index in [1.165, 1.54) is 30.3 Å². The van der Waals surface area contributed by atoms with Crippen LogP contribution in [0, 0.1) is 0 Å². The Bertz CT molecular complexity index is 1100. The smallest absolute Gasteiger partial charge is 0.210 e. The Hall–Kier alpha value is -2.18. The van der Waals surface area contributed by atoms with Gasteiger partial charge < -0.3 is 10.2 Å². The van der Waals surface area contributed by atoms with Gasteiger partial charge in [-0.2, -0.15) is 0 Å². The van der Waals surface area contributed by atoms with Crippen LogP contribution in [0.1, 0.15) is 31.8 Å². The first-order valence-electron chi connectivity index (χ1n) is 7.42. The zero-order valence-electron chi connectivity index (χ0n) is 13.1. The molecule has 0 saturated carbocycles. The van der Waals surface area contributed by atoms with Crippen LogP contribution in [0.3, 0.4) is 0 Å². The molecule has 0 spiro atoms. The van der Waals surface area contributed by atoms with Crippen LogP contribution in [-0.2, 0) is 0 Å². The quantitative estimate of drug-likeness (QED) is 0.420. The van der Waals surface area contributed by atoms with Gasteiger partial charge in [0.2, 0.25) is 11.8 Å². The van der Waals surface area contributed by atoms with E-state index in [1.807, 2.05) is 0 Å². The zero-order chi connectivity index (χ0) is 19.6. The van der Waals surface area contributed by atoms with Gasteiger partial charge in [-0.15, -0.1) is 0 Å². The number of aromatic hydroxyl groups is 2. The molecule has 0 bridgehead atoms. The summed E-state index contributed by atoms with van der Waals surface area (Å²) in [4.78, 5) is 25.8. The molecule has 0 amide bonds. The monoisotopic (exact) mass is 441 g/mol. The van der Waals surface area contributed by atoms with Gasteiger partial charge in [0, 0.05) is 21.2 Å². The second kappa shape index (κ2) is 6.17. The molecule has 2 aromatic carbocycles. The van der Waals surface area contributed by atoms with E-state index in [0.717, 1.165) is 4.57 Å². The highest BCUT2D eigenvalue weighted by Gasteiger charge is 2.39. The Morgan fingerprint density at radius 1 is 0.667 bits per heavy atom. The second-order valence-corrected chi connectivity index (χ2v) is 7.52. The van der Waals surface area contributed by atoms with Gasteiger partial charge in [-0.1, -0.05) is 46.4 Å². The number of halogens is 4. The van der Waals surface area contributed by atoms with E-state index < -0.39 is 23.3 Å². The maximum Gasteiger partial charge on any atom is 0.210 e. The van der Waals surface area contributed by atoms with Crippen molar-refractivity contribution < 1.29 is 19.8 Å². The third-order valence-electron chi connectivity index (χ3n) is 4.23. The van der Waals surface area contributed by atoms with Crippen LogP contribution in [0.25, 0.3) is 5.69 Å². The van der Waals surface area contributed by atoms with E-state index in [-0.39, 0.29) is 48.0 Å². The zero-order valence-corrected chi connectivity index (χ0v) is 16.1. The first kappa shape index (κ1) is 18.2. The van der Waals surface area contributed by atoms with Crippen molar-refractivity contribution >= 4 is 58.0 Å². The molecule has 136 valence electrons. The van der Waals surface area contributed by atoms with Crippen molar-refractivity contribution in [2.45, 2.75) is 0 Å². The molecular formula is C18H7Cl4NO4. The number of benzene rings is 2. The van der Waals surface area contributed by atoms with Gasteiger partial charge in [-0.3, -0.25) is 14.2 Å². The average Bonchev–Trinajstić information content (AvgIpc) is 2.84. The van der Waals surface area contributed by atoms with Crippen LogP contribution >= 0.6 is 46.4 Å². The summed E-state index contributed by atoms with van der Waals surface area (Å²) in [7, 11) is 0. The summed E-state index contributed by atoms with van der Waals surface area (Å²) in [6, 6.07) is 6.79. The number of hydrogen-bond acceptors (Lipinski definition) is 4. The van der Waals surface area contributed by atoms with Crippen molar-refractivity contribution in [3.8, 4) is 17.4 Å². The molecule has 2 N–H and O–H groups in total. The predicted octanol–water partition coefficient (Wildman–Crippen LogP) is 5.28. The molecule has 3 aromatic rings. The molecule has 4 rings (SSSR count). The van der Waals surface area contributed by atoms with Crippen LogP contribution in [0.4, 0.5) is 0 Å². The van der Waals surface area contributed by atoms with Crippen molar-refractivity contribution in [2.75, 3.05) is 0 Å². The molecule has 1 aromatic heterocycles. The fourth-order valence-electron chi connectivity index (χ4n) is 3.08. The second-order valence-electron chi connectivity index (χ2n) is 5.83. The Kier molecular flexibility index (Phi) is 4.16. The molecule has 27 heavy (non-hydrogen) atoms. The number of carbonyl (C=O) groups is 2. The maximum absolute atomic E-state index is 12.9. The Balaban J connectivity index is 2.03. The number of fused-ring (bicyclic) bond motifs is 2. The number of ketones is 2. The molecule has 9 heteroatoms. The van der Waals surface area contributed by atoms with E-state index in [4.69, 9.17) is 46.4 Å². The lowest BCUT2D eigenvalue weighted by Crippen LogP contribution is -2.19. The maximum atomic E-state index is 12.9. The Morgan fingerprint density at radius 3 is 1.48 bits per heavy atom. The van der Waals surface area contributed by atoms with Crippen molar-refractivity contribution in [2.24, 2.45) is 0 Å². The SMILES string of the molecule is O=C1c2cc(Cl)c(Cl)cc2C(=O)c2c1c(O)n(-c1cc(Cl)cc(Cl)c1)c2O. The fraction of sp³-hybridized carbons (Fsp3) is 0. The summed E-state index contributed by atoms with van der Waals surface area (Å²) in [5.41, 5.74) is -0.520. The topological polar surface area (TPSA) is 79.5 Å². The van der Waals surface area contributed by atoms with Gasteiger partial charge in [0.15, 0.2) is 11.6 Å². The lowest BCUT2D eigenvalue weighted by atomic mass is 9.86. The molecule has 1 aliphatic carbocycles. The highest BCUT2D eigenvalue weighted by molar-refractivity contribution is 6.43. The van der Waals surface area contributed by atoms with Crippen molar-refractivity contribution in [3.63, 3.8) is 0 Å². The van der Waals surface area contributed by atoms with Gasteiger partial charge in [-0.05, 0) is 30.3 Å². The summed E-state index contributed by atoms with van der Waals surface area (Å²) in [6.45, 7) is 0. The van der Waals surface area contributed by atoms with E-state index in [1.54, 1.807) is 0 Å². The molecular weight excluding hydrogens is 436 g/mol. The third kappa shape index (κ3) is 2.62. The molecule has 1 aliphatic rings. The highest BCUT2D eigenvalue weighted by atomic mass is 35.5. The Labute approximate surface area is 172 Å². The van der Waals surface area contributed by atoms with E-state index >= 15 is 0 Å². The minimum atomic E-state index is -0.669. The summed E-state index contributed by atoms with van der Waals surface area (Å²) in [5.74, 6) is -2.57. The van der Waals surface area contributed by atoms with Crippen LogP contribution in [0.5, 0.6) is 11.8 Å². The molecule has 0 aliphatic heterocycles. The average molecular weight is 443 g/mol. The number of carbonyl (C=O) groups excluding carboxylic acids is 2. The van der Waals surface area contributed by atoms with Crippen molar-refractivity contribution in [1.82, 2.24) is 4.57 Å². The lowest BCUT2D eigenvalue weighted by molar-refractivity contribution is 0.0976. The fourth-order valence-corrected chi connectivity index (χ4v) is 3.92. The lowest BCUT2D eigenvalue weighted by Gasteiger charge is -2.15. The Morgan fingerprint density at radius 2 is 1.07 bits per heavy atom. The molecule has 0 radical (unpaired) electrons. The van der Waals surface area contributed by atoms with E-state index in [2.05, 4.69) is 0 Å². The minimum Gasteiger partial charge on any atom is -0.494 e. The van der Waals surface area contributed by atoms with Gasteiger partial charge in [0.25, 0.3) is 0 Å². The van der Waals surface area contributed by atoms with Gasteiger partial charge in [0.05, 0.1) is 26.9 Å². The molecule has 0 unspecified atom stereocenters. The van der Waals surface area contributed by atoms with Gasteiger partial charge >= 0.3 is 0 Å². The van der Waals surface area contributed by atoms with Crippen LogP contribution in [0.2, 0.25) is 20.1 Å².